The number of nitrogens with two attached hydrogens (primary N) is 1. The van der Waals surface area contributed by atoms with Crippen molar-refractivity contribution in [3.8, 4) is 17.2 Å². The molecule has 0 radical (unpaired) electrons. The van der Waals surface area contributed by atoms with Gasteiger partial charge in [-0.1, -0.05) is 12.1 Å². The van der Waals surface area contributed by atoms with Gasteiger partial charge in [0.15, 0.2) is 0 Å². The Morgan fingerprint density at radius 2 is 1.37 bits per heavy atom. The molecule has 3 heteroatoms. The SMILES string of the molecule is COc1ccc(Oc2ccc(CCCN)cc2)cc1. The third-order valence-electron chi connectivity index (χ3n) is 2.89. The molecule has 100 valence electrons. The lowest BCUT2D eigenvalue weighted by molar-refractivity contribution is 0.413. The lowest BCUT2D eigenvalue weighted by atomic mass is 10.1. The lowest BCUT2D eigenvalue weighted by Crippen LogP contribution is -2.00. The third-order valence-corrected chi connectivity index (χ3v) is 2.89. The standard InChI is InChI=1S/C16H19NO2/c1-18-14-8-10-16(11-9-14)19-15-6-4-13(5-7-15)3-2-12-17/h4-11H,2-3,12,17H2,1H3. The van der Waals surface area contributed by atoms with Crippen molar-refractivity contribution in [3.63, 3.8) is 0 Å². The third kappa shape index (κ3) is 4.00. The van der Waals surface area contributed by atoms with E-state index in [1.807, 2.05) is 36.4 Å². The monoisotopic (exact) mass is 257 g/mol. The molecule has 0 bridgehead atoms. The van der Waals surface area contributed by atoms with Crippen molar-refractivity contribution in [1.82, 2.24) is 0 Å². The first kappa shape index (κ1) is 13.4. The number of aryl methyl sites for hydroxylation is 1. The Hall–Kier alpha value is -2.00. The van der Waals surface area contributed by atoms with Crippen molar-refractivity contribution in [2.24, 2.45) is 5.73 Å². The fourth-order valence-electron chi connectivity index (χ4n) is 1.81. The summed E-state index contributed by atoms with van der Waals surface area (Å²) in [4.78, 5) is 0. The minimum atomic E-state index is 0.726. The summed E-state index contributed by atoms with van der Waals surface area (Å²) in [5.74, 6) is 2.46. The molecule has 0 spiro atoms. The number of hydrogen-bond donors (Lipinski definition) is 1. The van der Waals surface area contributed by atoms with Crippen molar-refractivity contribution in [2.45, 2.75) is 12.8 Å². The molecule has 2 aromatic carbocycles. The van der Waals surface area contributed by atoms with Gasteiger partial charge in [-0.15, -0.1) is 0 Å². The van der Waals surface area contributed by atoms with Crippen LogP contribution in [0, 0.1) is 0 Å². The van der Waals surface area contributed by atoms with Gasteiger partial charge in [0.2, 0.25) is 0 Å². The zero-order valence-electron chi connectivity index (χ0n) is 11.1. The summed E-state index contributed by atoms with van der Waals surface area (Å²) in [6.45, 7) is 0.726. The Morgan fingerprint density at radius 1 is 0.842 bits per heavy atom. The van der Waals surface area contributed by atoms with E-state index in [1.54, 1.807) is 7.11 Å². The molecule has 0 amide bonds. The second-order valence-electron chi connectivity index (χ2n) is 4.31. The molecule has 2 N–H and O–H groups in total. The van der Waals surface area contributed by atoms with Crippen molar-refractivity contribution in [2.75, 3.05) is 13.7 Å². The molecule has 0 aromatic heterocycles. The molecule has 0 fully saturated rings. The molecule has 0 saturated carbocycles. The van der Waals surface area contributed by atoms with E-state index >= 15 is 0 Å². The van der Waals surface area contributed by atoms with Gasteiger partial charge in [0.05, 0.1) is 7.11 Å². The van der Waals surface area contributed by atoms with E-state index in [2.05, 4.69) is 12.1 Å². The average molecular weight is 257 g/mol. The second kappa shape index (κ2) is 6.81. The maximum atomic E-state index is 5.76. The van der Waals surface area contributed by atoms with Crippen molar-refractivity contribution in [1.29, 1.82) is 0 Å². The van der Waals surface area contributed by atoms with Crippen molar-refractivity contribution >= 4 is 0 Å². The minimum Gasteiger partial charge on any atom is -0.497 e. The summed E-state index contributed by atoms with van der Waals surface area (Å²) >= 11 is 0. The van der Waals surface area contributed by atoms with E-state index in [9.17, 15) is 0 Å². The highest BCUT2D eigenvalue weighted by molar-refractivity contribution is 5.36. The Morgan fingerprint density at radius 3 is 1.89 bits per heavy atom. The van der Waals surface area contributed by atoms with Crippen LogP contribution >= 0.6 is 0 Å². The van der Waals surface area contributed by atoms with Crippen molar-refractivity contribution < 1.29 is 9.47 Å². The first-order chi connectivity index (χ1) is 9.31. The Labute approximate surface area is 114 Å². The smallest absolute Gasteiger partial charge is 0.127 e. The highest BCUT2D eigenvalue weighted by atomic mass is 16.5. The molecule has 0 atom stereocenters. The zero-order valence-corrected chi connectivity index (χ0v) is 11.1. The van der Waals surface area contributed by atoms with Crippen LogP contribution in [0.1, 0.15) is 12.0 Å². The summed E-state index contributed by atoms with van der Waals surface area (Å²) in [5, 5.41) is 0. The number of benzene rings is 2. The van der Waals surface area contributed by atoms with Gasteiger partial charge in [-0.2, -0.15) is 0 Å². The maximum Gasteiger partial charge on any atom is 0.127 e. The van der Waals surface area contributed by atoms with Crippen LogP contribution in [-0.2, 0) is 6.42 Å². The fourth-order valence-corrected chi connectivity index (χ4v) is 1.81. The zero-order chi connectivity index (χ0) is 13.5. The van der Waals surface area contributed by atoms with Crippen LogP contribution in [0.5, 0.6) is 17.2 Å². The number of methoxy groups -OCH3 is 1. The first-order valence-electron chi connectivity index (χ1n) is 6.43. The van der Waals surface area contributed by atoms with Crippen molar-refractivity contribution in [3.05, 3.63) is 54.1 Å². The molecule has 3 nitrogen and oxygen atoms in total. The minimum absolute atomic E-state index is 0.726. The van der Waals surface area contributed by atoms with Gasteiger partial charge in [-0.05, 0) is 61.3 Å². The lowest BCUT2D eigenvalue weighted by Gasteiger charge is -2.07. The molecule has 0 aliphatic carbocycles. The van der Waals surface area contributed by atoms with Crippen LogP contribution in [0.3, 0.4) is 0 Å². The molecule has 0 aliphatic rings. The van der Waals surface area contributed by atoms with E-state index in [-0.39, 0.29) is 0 Å². The summed E-state index contributed by atoms with van der Waals surface area (Å²) in [6, 6.07) is 15.7. The fraction of sp³-hybridized carbons (Fsp3) is 0.250. The van der Waals surface area contributed by atoms with Crippen LogP contribution in [-0.4, -0.2) is 13.7 Å². The van der Waals surface area contributed by atoms with Crippen LogP contribution in [0.15, 0.2) is 48.5 Å². The molecular weight excluding hydrogens is 238 g/mol. The van der Waals surface area contributed by atoms with E-state index in [0.29, 0.717) is 0 Å². The largest absolute Gasteiger partial charge is 0.497 e. The Bertz CT molecular complexity index is 491. The second-order valence-corrected chi connectivity index (χ2v) is 4.31. The first-order valence-corrected chi connectivity index (χ1v) is 6.43. The normalized spacial score (nSPS) is 10.2. The Kier molecular flexibility index (Phi) is 4.81. The quantitative estimate of drug-likeness (QED) is 0.862. The van der Waals surface area contributed by atoms with Gasteiger partial charge in [0.25, 0.3) is 0 Å². The number of hydrogen-bond acceptors (Lipinski definition) is 3. The van der Waals surface area contributed by atoms with Gasteiger partial charge in [-0.3, -0.25) is 0 Å². The number of ether oxygens (including phenoxy) is 2. The highest BCUT2D eigenvalue weighted by Crippen LogP contribution is 2.24. The predicted octanol–water partition coefficient (Wildman–Crippen LogP) is 3.38. The molecule has 2 aromatic rings. The molecule has 0 unspecified atom stereocenters. The van der Waals surface area contributed by atoms with Gasteiger partial charge in [-0.25, -0.2) is 0 Å². The molecular formula is C16H19NO2. The van der Waals surface area contributed by atoms with Gasteiger partial charge in [0, 0.05) is 0 Å². The molecule has 0 heterocycles. The molecule has 2 rings (SSSR count). The highest BCUT2D eigenvalue weighted by Gasteiger charge is 1.99. The summed E-state index contributed by atoms with van der Waals surface area (Å²) in [6.07, 6.45) is 2.03. The van der Waals surface area contributed by atoms with E-state index < -0.39 is 0 Å². The topological polar surface area (TPSA) is 44.5 Å². The van der Waals surface area contributed by atoms with Gasteiger partial charge >= 0.3 is 0 Å². The average Bonchev–Trinajstić information content (AvgIpc) is 2.47. The van der Waals surface area contributed by atoms with Crippen LogP contribution in [0.4, 0.5) is 0 Å². The van der Waals surface area contributed by atoms with Crippen LogP contribution in [0.2, 0.25) is 0 Å². The molecule has 0 saturated heterocycles. The maximum absolute atomic E-state index is 5.76. The van der Waals surface area contributed by atoms with Crippen LogP contribution in [0.25, 0.3) is 0 Å². The Balaban J connectivity index is 1.98. The molecule has 0 aliphatic heterocycles. The van der Waals surface area contributed by atoms with Gasteiger partial charge in [0.1, 0.15) is 17.2 Å². The van der Waals surface area contributed by atoms with Crippen LogP contribution < -0.4 is 15.2 Å². The number of rotatable bonds is 6. The summed E-state index contributed by atoms with van der Waals surface area (Å²) < 4.78 is 10.9. The van der Waals surface area contributed by atoms with E-state index in [1.165, 1.54) is 5.56 Å². The van der Waals surface area contributed by atoms with Gasteiger partial charge < -0.3 is 15.2 Å². The molecule has 19 heavy (non-hydrogen) atoms. The summed E-state index contributed by atoms with van der Waals surface area (Å²) in [7, 11) is 1.65. The summed E-state index contributed by atoms with van der Waals surface area (Å²) in [5.41, 5.74) is 6.78. The van der Waals surface area contributed by atoms with E-state index in [4.69, 9.17) is 15.2 Å². The predicted molar refractivity (Wildman–Crippen MR) is 76.9 cm³/mol. The van der Waals surface area contributed by atoms with E-state index in [0.717, 1.165) is 36.6 Å².